The van der Waals surface area contributed by atoms with Gasteiger partial charge in [0, 0.05) is 6.54 Å². The number of carbonyl (C=O) groups excluding carboxylic acids is 2. The fourth-order valence-electron chi connectivity index (χ4n) is 2.70. The highest BCUT2D eigenvalue weighted by Gasteiger charge is 2.35. The molecule has 1 heterocycles. The minimum absolute atomic E-state index is 0.0000352. The van der Waals surface area contributed by atoms with Gasteiger partial charge in [0.05, 0.1) is 18.1 Å². The van der Waals surface area contributed by atoms with Crippen molar-refractivity contribution in [2.75, 3.05) is 26.2 Å². The van der Waals surface area contributed by atoms with Gasteiger partial charge in [0.2, 0.25) is 11.8 Å². The van der Waals surface area contributed by atoms with Crippen LogP contribution in [0, 0.1) is 6.92 Å². The Morgan fingerprint density at radius 3 is 2.74 bits per heavy atom. The maximum Gasteiger partial charge on any atom is 0.245 e. The molecule has 1 fully saturated rings. The van der Waals surface area contributed by atoms with Crippen molar-refractivity contribution < 1.29 is 14.3 Å². The molecule has 1 aromatic carbocycles. The summed E-state index contributed by atoms with van der Waals surface area (Å²) in [5.74, 6) is 0.562. The van der Waals surface area contributed by atoms with Crippen LogP contribution in [0.5, 0.6) is 5.75 Å². The van der Waals surface area contributed by atoms with E-state index in [0.717, 1.165) is 12.0 Å². The van der Waals surface area contributed by atoms with Crippen LogP contribution < -0.4 is 4.74 Å². The molecule has 0 radical (unpaired) electrons. The van der Waals surface area contributed by atoms with Gasteiger partial charge in [-0.25, -0.2) is 0 Å². The molecule has 1 atom stereocenters. The molecule has 0 saturated carbocycles. The van der Waals surface area contributed by atoms with Crippen molar-refractivity contribution in [3.63, 3.8) is 0 Å². The quantitative estimate of drug-likeness (QED) is 0.800. The van der Waals surface area contributed by atoms with Gasteiger partial charge >= 0.3 is 0 Å². The number of amides is 2. The fourth-order valence-corrected chi connectivity index (χ4v) is 2.87. The molecule has 5 nitrogen and oxygen atoms in total. The number of hydrogen-bond acceptors (Lipinski definition) is 3. The van der Waals surface area contributed by atoms with Gasteiger partial charge in [0.1, 0.15) is 18.4 Å². The molecule has 0 bridgehead atoms. The number of aryl methyl sites for hydroxylation is 1. The van der Waals surface area contributed by atoms with Crippen LogP contribution >= 0.6 is 11.6 Å². The SMILES string of the molecule is CCCN1CC(=O)N(CCOc2cc(C)ccc2Cl)[C@@H](C)C1=O. The third kappa shape index (κ3) is 4.16. The lowest BCUT2D eigenvalue weighted by Gasteiger charge is -2.38. The van der Waals surface area contributed by atoms with Crippen molar-refractivity contribution in [1.82, 2.24) is 9.80 Å². The summed E-state index contributed by atoms with van der Waals surface area (Å²) in [5.41, 5.74) is 1.05. The van der Waals surface area contributed by atoms with Crippen LogP contribution in [0.4, 0.5) is 0 Å². The minimum Gasteiger partial charge on any atom is -0.490 e. The lowest BCUT2D eigenvalue weighted by Crippen LogP contribution is -2.59. The maximum atomic E-state index is 12.3. The highest BCUT2D eigenvalue weighted by molar-refractivity contribution is 6.32. The van der Waals surface area contributed by atoms with Crippen molar-refractivity contribution >= 4 is 23.4 Å². The number of benzene rings is 1. The molecule has 6 heteroatoms. The van der Waals surface area contributed by atoms with E-state index in [1.54, 1.807) is 22.8 Å². The normalized spacial score (nSPS) is 18.5. The maximum absolute atomic E-state index is 12.3. The number of hydrogen-bond donors (Lipinski definition) is 0. The van der Waals surface area contributed by atoms with E-state index in [2.05, 4.69) is 0 Å². The van der Waals surface area contributed by atoms with Gasteiger partial charge in [0.15, 0.2) is 0 Å². The average molecular weight is 339 g/mol. The van der Waals surface area contributed by atoms with Crippen LogP contribution in [0.2, 0.25) is 5.02 Å². The first kappa shape index (κ1) is 17.6. The highest BCUT2D eigenvalue weighted by atomic mass is 35.5. The van der Waals surface area contributed by atoms with E-state index >= 15 is 0 Å². The first-order chi connectivity index (χ1) is 10.9. The van der Waals surface area contributed by atoms with E-state index in [4.69, 9.17) is 16.3 Å². The predicted molar refractivity (Wildman–Crippen MR) is 89.7 cm³/mol. The smallest absolute Gasteiger partial charge is 0.245 e. The molecule has 0 N–H and O–H groups in total. The van der Waals surface area contributed by atoms with Gasteiger partial charge in [-0.2, -0.15) is 0 Å². The molecular formula is C17H23ClN2O3. The standard InChI is InChI=1S/C17H23ClN2O3/c1-4-7-19-11-16(21)20(13(3)17(19)22)8-9-23-15-10-12(2)5-6-14(15)18/h5-6,10,13H,4,7-9,11H2,1-3H3/t13-/m0/s1. The van der Waals surface area contributed by atoms with Crippen molar-refractivity contribution in [3.05, 3.63) is 28.8 Å². The second-order valence-corrected chi connectivity index (χ2v) is 6.21. The minimum atomic E-state index is -0.445. The summed E-state index contributed by atoms with van der Waals surface area (Å²) >= 11 is 6.09. The molecule has 1 aliphatic rings. The number of nitrogens with zero attached hydrogens (tertiary/aromatic N) is 2. The van der Waals surface area contributed by atoms with Crippen LogP contribution in [-0.2, 0) is 9.59 Å². The summed E-state index contributed by atoms with van der Waals surface area (Å²) in [7, 11) is 0. The third-order valence-corrected chi connectivity index (χ3v) is 4.27. The first-order valence-electron chi connectivity index (χ1n) is 7.91. The van der Waals surface area contributed by atoms with Crippen LogP contribution in [0.3, 0.4) is 0 Å². The monoisotopic (exact) mass is 338 g/mol. The van der Waals surface area contributed by atoms with Crippen LogP contribution in [-0.4, -0.2) is 53.9 Å². The van der Waals surface area contributed by atoms with Crippen molar-refractivity contribution in [1.29, 1.82) is 0 Å². The van der Waals surface area contributed by atoms with Crippen molar-refractivity contribution in [2.24, 2.45) is 0 Å². The summed E-state index contributed by atoms with van der Waals surface area (Å²) in [6.07, 6.45) is 0.848. The number of halogens is 1. The van der Waals surface area contributed by atoms with Gasteiger partial charge in [-0.15, -0.1) is 0 Å². The highest BCUT2D eigenvalue weighted by Crippen LogP contribution is 2.25. The molecule has 1 saturated heterocycles. The first-order valence-corrected chi connectivity index (χ1v) is 8.29. The zero-order chi connectivity index (χ0) is 17.0. The lowest BCUT2D eigenvalue weighted by molar-refractivity contribution is -0.155. The Hall–Kier alpha value is -1.75. The van der Waals surface area contributed by atoms with Crippen LogP contribution in [0.25, 0.3) is 0 Å². The Kier molecular flexibility index (Phi) is 5.88. The van der Waals surface area contributed by atoms with Crippen LogP contribution in [0.1, 0.15) is 25.8 Å². The number of ether oxygens (including phenoxy) is 1. The topological polar surface area (TPSA) is 49.9 Å². The molecular weight excluding hydrogens is 316 g/mol. The Balaban J connectivity index is 1.94. The van der Waals surface area contributed by atoms with E-state index in [1.165, 1.54) is 0 Å². The van der Waals surface area contributed by atoms with Gasteiger partial charge in [-0.1, -0.05) is 24.6 Å². The van der Waals surface area contributed by atoms with Crippen molar-refractivity contribution in [2.45, 2.75) is 33.2 Å². The largest absolute Gasteiger partial charge is 0.490 e. The third-order valence-electron chi connectivity index (χ3n) is 3.95. The Morgan fingerprint density at radius 1 is 1.30 bits per heavy atom. The second kappa shape index (κ2) is 7.68. The summed E-state index contributed by atoms with van der Waals surface area (Å²) in [6, 6.07) is 5.11. The molecule has 0 unspecified atom stereocenters. The van der Waals surface area contributed by atoms with Gasteiger partial charge in [-0.3, -0.25) is 9.59 Å². The lowest BCUT2D eigenvalue weighted by atomic mass is 10.1. The molecule has 1 aromatic rings. The average Bonchev–Trinajstić information content (AvgIpc) is 2.51. The van der Waals surface area contributed by atoms with Crippen LogP contribution in [0.15, 0.2) is 18.2 Å². The molecule has 2 rings (SSSR count). The Labute approximate surface area is 142 Å². The summed E-state index contributed by atoms with van der Waals surface area (Å²) in [6.45, 7) is 7.17. The number of piperazine rings is 1. The Morgan fingerprint density at radius 2 is 2.04 bits per heavy atom. The van der Waals surface area contributed by atoms with Gasteiger partial charge in [-0.05, 0) is 38.0 Å². The van der Waals surface area contributed by atoms with E-state index in [9.17, 15) is 9.59 Å². The fraction of sp³-hybridized carbons (Fsp3) is 0.529. The molecule has 126 valence electrons. The summed E-state index contributed by atoms with van der Waals surface area (Å²) in [5, 5.41) is 0.541. The van der Waals surface area contributed by atoms with E-state index in [-0.39, 0.29) is 18.4 Å². The summed E-state index contributed by atoms with van der Waals surface area (Å²) < 4.78 is 5.68. The predicted octanol–water partition coefficient (Wildman–Crippen LogP) is 2.50. The molecule has 1 aliphatic heterocycles. The zero-order valence-electron chi connectivity index (χ0n) is 13.8. The number of rotatable bonds is 6. The van der Waals surface area contributed by atoms with Crippen molar-refractivity contribution in [3.8, 4) is 5.75 Å². The molecule has 2 amide bonds. The Bertz CT molecular complexity index is 591. The number of carbonyl (C=O) groups is 2. The second-order valence-electron chi connectivity index (χ2n) is 5.81. The molecule has 0 aliphatic carbocycles. The van der Waals surface area contributed by atoms with E-state index < -0.39 is 6.04 Å². The van der Waals surface area contributed by atoms with E-state index in [0.29, 0.717) is 30.5 Å². The van der Waals surface area contributed by atoms with Gasteiger partial charge < -0.3 is 14.5 Å². The molecule has 0 aromatic heterocycles. The molecule has 23 heavy (non-hydrogen) atoms. The van der Waals surface area contributed by atoms with E-state index in [1.807, 2.05) is 26.0 Å². The summed E-state index contributed by atoms with van der Waals surface area (Å²) in [4.78, 5) is 27.7. The zero-order valence-corrected chi connectivity index (χ0v) is 14.6. The van der Waals surface area contributed by atoms with Gasteiger partial charge in [0.25, 0.3) is 0 Å². The molecule has 0 spiro atoms.